The number of anilines is 4. The van der Waals surface area contributed by atoms with Crippen LogP contribution in [0.3, 0.4) is 0 Å². The molecular weight excluding hydrogens is 317 g/mol. The van der Waals surface area contributed by atoms with Gasteiger partial charge in [-0.05, 0) is 36.1 Å². The van der Waals surface area contributed by atoms with E-state index in [1.807, 2.05) is 19.1 Å². The number of para-hydroxylation sites is 2. The Labute approximate surface area is 146 Å². The molecule has 0 saturated carbocycles. The van der Waals surface area contributed by atoms with Gasteiger partial charge in [-0.15, -0.1) is 5.10 Å². The number of nitrogens with zero attached hydrogens (tertiary/aromatic N) is 3. The van der Waals surface area contributed by atoms with Gasteiger partial charge in [-0.1, -0.05) is 44.2 Å². The zero-order chi connectivity index (χ0) is 17.8. The first kappa shape index (κ1) is 16.8. The SMILES string of the molecule is Cc1cccc(C(C)C)c1Nc1cnnc(Nc2ccccc2F)n1. The van der Waals surface area contributed by atoms with Crippen molar-refractivity contribution in [1.82, 2.24) is 15.2 Å². The third kappa shape index (κ3) is 3.91. The van der Waals surface area contributed by atoms with Crippen molar-refractivity contribution in [3.63, 3.8) is 0 Å². The molecule has 1 heterocycles. The molecule has 0 aliphatic rings. The second-order valence-corrected chi connectivity index (χ2v) is 6.09. The highest BCUT2D eigenvalue weighted by Crippen LogP contribution is 2.29. The van der Waals surface area contributed by atoms with E-state index in [0.29, 0.717) is 17.4 Å². The second kappa shape index (κ2) is 7.25. The lowest BCUT2D eigenvalue weighted by Gasteiger charge is -2.16. The maximum atomic E-state index is 13.8. The Balaban J connectivity index is 1.87. The van der Waals surface area contributed by atoms with Gasteiger partial charge in [0.05, 0.1) is 11.9 Å². The van der Waals surface area contributed by atoms with Crippen molar-refractivity contribution in [2.24, 2.45) is 0 Å². The van der Waals surface area contributed by atoms with E-state index < -0.39 is 0 Å². The minimum atomic E-state index is -0.370. The minimum Gasteiger partial charge on any atom is -0.338 e. The summed E-state index contributed by atoms with van der Waals surface area (Å²) in [7, 11) is 0. The van der Waals surface area contributed by atoms with Gasteiger partial charge in [0.15, 0.2) is 5.82 Å². The van der Waals surface area contributed by atoms with Crippen LogP contribution in [0.15, 0.2) is 48.7 Å². The van der Waals surface area contributed by atoms with Crippen LogP contribution in [0.1, 0.15) is 30.9 Å². The molecule has 0 bridgehead atoms. The van der Waals surface area contributed by atoms with Gasteiger partial charge in [-0.3, -0.25) is 0 Å². The van der Waals surface area contributed by atoms with Crippen molar-refractivity contribution in [3.05, 3.63) is 65.6 Å². The lowest BCUT2D eigenvalue weighted by Crippen LogP contribution is -2.05. The first-order valence-corrected chi connectivity index (χ1v) is 8.12. The van der Waals surface area contributed by atoms with Crippen LogP contribution in [-0.2, 0) is 0 Å². The highest BCUT2D eigenvalue weighted by molar-refractivity contribution is 5.66. The van der Waals surface area contributed by atoms with Crippen LogP contribution in [0, 0.1) is 12.7 Å². The maximum Gasteiger partial charge on any atom is 0.249 e. The summed E-state index contributed by atoms with van der Waals surface area (Å²) in [4.78, 5) is 4.38. The van der Waals surface area contributed by atoms with Gasteiger partial charge in [0.1, 0.15) is 5.82 Å². The highest BCUT2D eigenvalue weighted by atomic mass is 19.1. The fourth-order valence-corrected chi connectivity index (χ4v) is 2.57. The summed E-state index contributed by atoms with van der Waals surface area (Å²) in [6, 6.07) is 12.5. The van der Waals surface area contributed by atoms with E-state index in [1.165, 1.54) is 11.6 Å². The third-order valence-corrected chi connectivity index (χ3v) is 3.86. The molecule has 6 heteroatoms. The zero-order valence-electron chi connectivity index (χ0n) is 14.4. The summed E-state index contributed by atoms with van der Waals surface area (Å²) in [5.74, 6) is 0.776. The van der Waals surface area contributed by atoms with Crippen LogP contribution < -0.4 is 10.6 Å². The molecule has 0 aliphatic heterocycles. The van der Waals surface area contributed by atoms with Crippen LogP contribution >= 0.6 is 0 Å². The van der Waals surface area contributed by atoms with Crippen molar-refractivity contribution in [2.75, 3.05) is 10.6 Å². The number of halogens is 1. The predicted octanol–water partition coefficient (Wildman–Crippen LogP) is 4.93. The van der Waals surface area contributed by atoms with E-state index >= 15 is 0 Å². The molecule has 3 rings (SSSR count). The lowest BCUT2D eigenvalue weighted by atomic mass is 9.98. The molecule has 0 spiro atoms. The number of rotatable bonds is 5. The van der Waals surface area contributed by atoms with E-state index in [2.05, 4.69) is 45.7 Å². The molecule has 0 radical (unpaired) electrons. The Hall–Kier alpha value is -3.02. The average molecular weight is 337 g/mol. The van der Waals surface area contributed by atoms with Crippen LogP contribution in [0.25, 0.3) is 0 Å². The molecule has 0 fully saturated rings. The number of hydrogen-bond donors (Lipinski definition) is 2. The van der Waals surface area contributed by atoms with Gasteiger partial charge >= 0.3 is 0 Å². The van der Waals surface area contributed by atoms with Crippen molar-refractivity contribution < 1.29 is 4.39 Å². The molecule has 2 aromatic carbocycles. The molecule has 1 aromatic heterocycles. The van der Waals surface area contributed by atoms with E-state index in [-0.39, 0.29) is 11.8 Å². The van der Waals surface area contributed by atoms with Crippen LogP contribution in [0.5, 0.6) is 0 Å². The van der Waals surface area contributed by atoms with Gasteiger partial charge in [-0.2, -0.15) is 10.1 Å². The van der Waals surface area contributed by atoms with Crippen molar-refractivity contribution in [3.8, 4) is 0 Å². The molecule has 0 amide bonds. The molecular formula is C19H20FN5. The van der Waals surface area contributed by atoms with Crippen LogP contribution in [-0.4, -0.2) is 15.2 Å². The largest absolute Gasteiger partial charge is 0.338 e. The molecule has 25 heavy (non-hydrogen) atoms. The molecule has 5 nitrogen and oxygen atoms in total. The highest BCUT2D eigenvalue weighted by Gasteiger charge is 2.11. The summed E-state index contributed by atoms with van der Waals surface area (Å²) in [6.45, 7) is 6.33. The summed E-state index contributed by atoms with van der Waals surface area (Å²) in [5, 5.41) is 14.0. The van der Waals surface area contributed by atoms with Crippen molar-refractivity contribution >= 4 is 23.1 Å². The fraction of sp³-hybridized carbons (Fsp3) is 0.211. The Bertz CT molecular complexity index is 879. The summed E-state index contributed by atoms with van der Waals surface area (Å²) < 4.78 is 13.8. The van der Waals surface area contributed by atoms with E-state index in [4.69, 9.17) is 0 Å². The lowest BCUT2D eigenvalue weighted by molar-refractivity contribution is 0.631. The summed E-state index contributed by atoms with van der Waals surface area (Å²) in [6.07, 6.45) is 1.54. The monoisotopic (exact) mass is 337 g/mol. The average Bonchev–Trinajstić information content (AvgIpc) is 2.59. The number of benzene rings is 2. The van der Waals surface area contributed by atoms with E-state index in [1.54, 1.807) is 24.4 Å². The number of hydrogen-bond acceptors (Lipinski definition) is 5. The number of aryl methyl sites for hydroxylation is 1. The van der Waals surface area contributed by atoms with Gasteiger partial charge in [0, 0.05) is 5.69 Å². The molecule has 0 atom stereocenters. The minimum absolute atomic E-state index is 0.231. The molecule has 128 valence electrons. The Morgan fingerprint density at radius 2 is 1.80 bits per heavy atom. The molecule has 2 N–H and O–H groups in total. The molecule has 3 aromatic rings. The predicted molar refractivity (Wildman–Crippen MR) is 98.1 cm³/mol. The molecule has 0 aliphatic carbocycles. The van der Waals surface area contributed by atoms with Crippen LogP contribution in [0.4, 0.5) is 27.5 Å². The smallest absolute Gasteiger partial charge is 0.249 e. The number of nitrogens with one attached hydrogen (secondary N) is 2. The Kier molecular flexibility index (Phi) is 4.88. The first-order valence-electron chi connectivity index (χ1n) is 8.12. The van der Waals surface area contributed by atoms with Crippen molar-refractivity contribution in [2.45, 2.75) is 26.7 Å². The maximum absolute atomic E-state index is 13.8. The quantitative estimate of drug-likeness (QED) is 0.691. The van der Waals surface area contributed by atoms with E-state index in [0.717, 1.165) is 11.3 Å². The van der Waals surface area contributed by atoms with Gasteiger partial charge in [-0.25, -0.2) is 4.39 Å². The second-order valence-electron chi connectivity index (χ2n) is 6.09. The first-order chi connectivity index (χ1) is 12.0. The van der Waals surface area contributed by atoms with Gasteiger partial charge < -0.3 is 10.6 Å². The Morgan fingerprint density at radius 3 is 2.56 bits per heavy atom. The van der Waals surface area contributed by atoms with Gasteiger partial charge in [0.2, 0.25) is 5.95 Å². The van der Waals surface area contributed by atoms with Gasteiger partial charge in [0.25, 0.3) is 0 Å². The van der Waals surface area contributed by atoms with Crippen molar-refractivity contribution in [1.29, 1.82) is 0 Å². The molecule has 0 unspecified atom stereocenters. The summed E-state index contributed by atoms with van der Waals surface area (Å²) >= 11 is 0. The molecule has 0 saturated heterocycles. The van der Waals surface area contributed by atoms with Crippen LogP contribution in [0.2, 0.25) is 0 Å². The third-order valence-electron chi connectivity index (χ3n) is 3.86. The Morgan fingerprint density at radius 1 is 1.00 bits per heavy atom. The van der Waals surface area contributed by atoms with E-state index in [9.17, 15) is 4.39 Å². The summed E-state index contributed by atoms with van der Waals surface area (Å²) in [5.41, 5.74) is 3.63. The fourth-order valence-electron chi connectivity index (χ4n) is 2.57. The normalized spacial score (nSPS) is 10.8. The number of aromatic nitrogens is 3. The standard InChI is InChI=1S/C19H20FN5/c1-12(2)14-8-6-7-13(3)18(14)23-17-11-21-25-19(24-17)22-16-10-5-4-9-15(16)20/h4-12H,1-3H3,(H2,22,23,24,25). The topological polar surface area (TPSA) is 62.7 Å². The zero-order valence-corrected chi connectivity index (χ0v) is 14.4.